The smallest absolute Gasteiger partial charge is 0.229 e. The second-order valence-electron chi connectivity index (χ2n) is 7.29. The number of nitrogens with zero attached hydrogens (tertiary/aromatic N) is 6. The van der Waals surface area contributed by atoms with Gasteiger partial charge in [-0.2, -0.15) is 15.2 Å². The number of nitrogens with one attached hydrogen (secondary N) is 2. The third-order valence-corrected chi connectivity index (χ3v) is 4.82. The number of anilines is 3. The fraction of sp³-hybridized carbons (Fsp3) is 0.238. The van der Waals surface area contributed by atoms with Crippen LogP contribution >= 0.6 is 0 Å². The number of benzene rings is 1. The average Bonchev–Trinajstić information content (AvgIpc) is 3.42. The maximum Gasteiger partial charge on any atom is 0.229 e. The molecule has 33 heavy (non-hydrogen) atoms. The largest absolute Gasteiger partial charge is 0.394 e. The van der Waals surface area contributed by atoms with Gasteiger partial charge in [0.25, 0.3) is 0 Å². The van der Waals surface area contributed by atoms with Gasteiger partial charge in [0.1, 0.15) is 5.82 Å². The monoisotopic (exact) mass is 456 g/mol. The number of aliphatic hydroxyl groups excluding tert-OH is 2. The van der Waals surface area contributed by atoms with E-state index in [1.165, 1.54) is 23.0 Å². The standard InChI is InChI=1S/C21H22F2N8O2/c1-30-10-15(7-25-30)13-4-14(6-16(22)5-13)19(12-33)28-20-18(23)9-24-21(29-20)27-17-8-26-31(11-17)2-3-32/h4-11,19,32-33H,2-3,12H2,1H3,(H2,24,27,28,29)/t19-/m1/s1. The lowest BCUT2D eigenvalue weighted by Crippen LogP contribution is -2.17. The number of aryl methyl sites for hydroxylation is 1. The van der Waals surface area contributed by atoms with Gasteiger partial charge in [0.15, 0.2) is 11.6 Å². The van der Waals surface area contributed by atoms with E-state index >= 15 is 0 Å². The highest BCUT2D eigenvalue weighted by atomic mass is 19.1. The molecule has 12 heteroatoms. The molecule has 0 spiro atoms. The predicted octanol–water partition coefficient (Wildman–Crippen LogP) is 2.23. The summed E-state index contributed by atoms with van der Waals surface area (Å²) in [6.45, 7) is -0.172. The highest BCUT2D eigenvalue weighted by Gasteiger charge is 2.17. The number of aliphatic hydroxyl groups is 2. The first kappa shape index (κ1) is 22.3. The van der Waals surface area contributed by atoms with Crippen LogP contribution in [0.3, 0.4) is 0 Å². The number of rotatable bonds is 9. The van der Waals surface area contributed by atoms with Crippen molar-refractivity contribution in [2.75, 3.05) is 23.8 Å². The molecule has 4 rings (SSSR count). The summed E-state index contributed by atoms with van der Waals surface area (Å²) in [5.74, 6) is -1.31. The van der Waals surface area contributed by atoms with Gasteiger partial charge in [0.05, 0.1) is 50.1 Å². The summed E-state index contributed by atoms with van der Waals surface area (Å²) >= 11 is 0. The quantitative estimate of drug-likeness (QED) is 0.302. The first-order chi connectivity index (χ1) is 15.9. The summed E-state index contributed by atoms with van der Waals surface area (Å²) in [6, 6.07) is 3.49. The van der Waals surface area contributed by atoms with Crippen LogP contribution < -0.4 is 10.6 Å². The maximum absolute atomic E-state index is 14.4. The van der Waals surface area contributed by atoms with E-state index in [-0.39, 0.29) is 18.4 Å². The van der Waals surface area contributed by atoms with Crippen LogP contribution in [-0.2, 0) is 13.6 Å². The molecule has 0 aliphatic carbocycles. The fourth-order valence-corrected chi connectivity index (χ4v) is 3.26. The molecule has 0 aliphatic rings. The summed E-state index contributed by atoms with van der Waals surface area (Å²) in [7, 11) is 1.75. The molecular formula is C21H22F2N8O2. The molecule has 1 aromatic carbocycles. The molecule has 4 N–H and O–H groups in total. The van der Waals surface area contributed by atoms with Gasteiger partial charge < -0.3 is 20.8 Å². The van der Waals surface area contributed by atoms with Crippen LogP contribution in [0.1, 0.15) is 11.6 Å². The minimum atomic E-state index is -0.833. The molecule has 4 aromatic rings. The van der Waals surface area contributed by atoms with Gasteiger partial charge in [0, 0.05) is 25.0 Å². The second-order valence-corrected chi connectivity index (χ2v) is 7.29. The Kier molecular flexibility index (Phi) is 6.56. The summed E-state index contributed by atoms with van der Waals surface area (Å²) in [5, 5.41) is 32.8. The highest BCUT2D eigenvalue weighted by Crippen LogP contribution is 2.27. The van der Waals surface area contributed by atoms with Crippen LogP contribution in [0.25, 0.3) is 11.1 Å². The Bertz CT molecular complexity index is 1240. The van der Waals surface area contributed by atoms with Crippen molar-refractivity contribution in [2.24, 2.45) is 7.05 Å². The number of hydrogen-bond acceptors (Lipinski definition) is 8. The van der Waals surface area contributed by atoms with E-state index in [1.54, 1.807) is 36.4 Å². The third kappa shape index (κ3) is 5.30. The van der Waals surface area contributed by atoms with Crippen molar-refractivity contribution in [3.05, 3.63) is 66.4 Å². The van der Waals surface area contributed by atoms with Crippen LogP contribution in [0.5, 0.6) is 0 Å². The van der Waals surface area contributed by atoms with E-state index in [0.29, 0.717) is 28.9 Å². The molecule has 1 atom stereocenters. The van der Waals surface area contributed by atoms with Gasteiger partial charge >= 0.3 is 0 Å². The van der Waals surface area contributed by atoms with Crippen molar-refractivity contribution in [1.82, 2.24) is 29.5 Å². The van der Waals surface area contributed by atoms with Gasteiger partial charge in [-0.1, -0.05) is 0 Å². The summed E-state index contributed by atoms with van der Waals surface area (Å²) in [4.78, 5) is 8.04. The van der Waals surface area contributed by atoms with Crippen molar-refractivity contribution < 1.29 is 19.0 Å². The molecule has 3 heterocycles. The molecule has 0 unspecified atom stereocenters. The molecule has 0 radical (unpaired) electrons. The van der Waals surface area contributed by atoms with Crippen LogP contribution in [0, 0.1) is 11.6 Å². The number of hydrogen-bond donors (Lipinski definition) is 4. The van der Waals surface area contributed by atoms with Crippen LogP contribution in [-0.4, -0.2) is 53.0 Å². The minimum Gasteiger partial charge on any atom is -0.394 e. The molecular weight excluding hydrogens is 434 g/mol. The Hall–Kier alpha value is -3.90. The fourth-order valence-electron chi connectivity index (χ4n) is 3.26. The number of halogens is 2. The van der Waals surface area contributed by atoms with E-state index in [2.05, 4.69) is 30.8 Å². The summed E-state index contributed by atoms with van der Waals surface area (Å²) in [5.41, 5.74) is 2.24. The van der Waals surface area contributed by atoms with Gasteiger partial charge in [-0.05, 0) is 29.3 Å². The minimum absolute atomic E-state index is 0.0621. The first-order valence-corrected chi connectivity index (χ1v) is 10.0. The van der Waals surface area contributed by atoms with E-state index in [9.17, 15) is 13.9 Å². The molecule has 172 valence electrons. The first-order valence-electron chi connectivity index (χ1n) is 10.0. The van der Waals surface area contributed by atoms with Gasteiger partial charge in [-0.15, -0.1) is 0 Å². The van der Waals surface area contributed by atoms with Crippen molar-refractivity contribution in [3.63, 3.8) is 0 Å². The van der Waals surface area contributed by atoms with Crippen molar-refractivity contribution in [1.29, 1.82) is 0 Å². The second kappa shape index (κ2) is 9.71. The zero-order valence-electron chi connectivity index (χ0n) is 17.7. The van der Waals surface area contributed by atoms with Crippen LogP contribution in [0.2, 0.25) is 0 Å². The Morgan fingerprint density at radius 3 is 2.61 bits per heavy atom. The zero-order valence-corrected chi connectivity index (χ0v) is 17.7. The Morgan fingerprint density at radius 2 is 1.88 bits per heavy atom. The van der Waals surface area contributed by atoms with Gasteiger partial charge in [-0.3, -0.25) is 9.36 Å². The molecule has 0 saturated carbocycles. The Labute approximate surface area is 187 Å². The van der Waals surface area contributed by atoms with E-state index in [1.807, 2.05) is 0 Å². The van der Waals surface area contributed by atoms with Crippen molar-refractivity contribution in [3.8, 4) is 11.1 Å². The van der Waals surface area contributed by atoms with Gasteiger partial charge in [-0.25, -0.2) is 13.8 Å². The lowest BCUT2D eigenvalue weighted by molar-refractivity contribution is 0.269. The van der Waals surface area contributed by atoms with Gasteiger partial charge in [0.2, 0.25) is 5.95 Å². The lowest BCUT2D eigenvalue weighted by atomic mass is 10.0. The number of aromatic nitrogens is 6. The zero-order chi connectivity index (χ0) is 23.4. The van der Waals surface area contributed by atoms with E-state index in [0.717, 1.165) is 6.20 Å². The molecule has 10 nitrogen and oxygen atoms in total. The highest BCUT2D eigenvalue weighted by molar-refractivity contribution is 5.63. The van der Waals surface area contributed by atoms with Crippen LogP contribution in [0.15, 0.2) is 49.2 Å². The Morgan fingerprint density at radius 1 is 1.03 bits per heavy atom. The van der Waals surface area contributed by atoms with Crippen molar-refractivity contribution in [2.45, 2.75) is 12.6 Å². The third-order valence-electron chi connectivity index (χ3n) is 4.82. The van der Waals surface area contributed by atoms with E-state index < -0.39 is 24.3 Å². The predicted molar refractivity (Wildman–Crippen MR) is 117 cm³/mol. The van der Waals surface area contributed by atoms with Crippen LogP contribution in [0.4, 0.5) is 26.2 Å². The van der Waals surface area contributed by atoms with E-state index in [4.69, 9.17) is 5.11 Å². The molecule has 0 saturated heterocycles. The lowest BCUT2D eigenvalue weighted by Gasteiger charge is -2.19. The average molecular weight is 456 g/mol. The molecule has 0 bridgehead atoms. The van der Waals surface area contributed by atoms with Crippen molar-refractivity contribution >= 4 is 17.5 Å². The normalized spacial score (nSPS) is 12.0. The molecule has 0 aliphatic heterocycles. The summed E-state index contributed by atoms with van der Waals surface area (Å²) in [6.07, 6.45) is 7.48. The Balaban J connectivity index is 1.57. The molecule has 0 amide bonds. The maximum atomic E-state index is 14.4. The topological polar surface area (TPSA) is 126 Å². The summed E-state index contributed by atoms with van der Waals surface area (Å²) < 4.78 is 31.9. The molecule has 0 fully saturated rings. The molecule has 3 aromatic heterocycles. The SMILES string of the molecule is Cn1cc(-c2cc(F)cc([C@@H](CO)Nc3nc(Nc4cnn(CCO)c4)ncc3F)c2)cn1.